The number of hydrogen-bond acceptors (Lipinski definition) is 2. The van der Waals surface area contributed by atoms with Crippen LogP contribution in [0.15, 0.2) is 24.3 Å². The van der Waals surface area contributed by atoms with E-state index < -0.39 is 0 Å². The molecule has 0 atom stereocenters. The molecule has 0 saturated heterocycles. The third-order valence-corrected chi connectivity index (χ3v) is 3.54. The number of para-hydroxylation sites is 1. The summed E-state index contributed by atoms with van der Waals surface area (Å²) in [5.74, 6) is 1.04. The van der Waals surface area contributed by atoms with Crippen LogP contribution in [0.2, 0.25) is 0 Å². The van der Waals surface area contributed by atoms with Crippen molar-refractivity contribution >= 4 is 0 Å². The molecule has 0 bridgehead atoms. The van der Waals surface area contributed by atoms with E-state index in [1.165, 1.54) is 50.5 Å². The van der Waals surface area contributed by atoms with Crippen LogP contribution in [0.5, 0.6) is 5.75 Å². The summed E-state index contributed by atoms with van der Waals surface area (Å²) in [6.45, 7) is 7.12. The van der Waals surface area contributed by atoms with Crippen LogP contribution >= 0.6 is 0 Å². The van der Waals surface area contributed by atoms with Gasteiger partial charge in [0.1, 0.15) is 5.75 Å². The van der Waals surface area contributed by atoms with E-state index >= 15 is 0 Å². The van der Waals surface area contributed by atoms with Crippen LogP contribution in [0.4, 0.5) is 0 Å². The van der Waals surface area contributed by atoms with Gasteiger partial charge < -0.3 is 10.1 Å². The molecule has 114 valence electrons. The monoisotopic (exact) mass is 277 g/mol. The standard InChI is InChI=1S/C18H31NO/c1-3-5-6-7-8-9-12-15-20-18-14-11-10-13-17(18)16-19-4-2/h10-11,13-14,19H,3-9,12,15-16H2,1-2H3. The minimum atomic E-state index is 0.844. The number of unbranched alkanes of at least 4 members (excludes halogenated alkanes) is 6. The van der Waals surface area contributed by atoms with Crippen molar-refractivity contribution in [2.75, 3.05) is 13.2 Å². The van der Waals surface area contributed by atoms with Gasteiger partial charge in [0, 0.05) is 12.1 Å². The predicted octanol–water partition coefficient (Wildman–Crippen LogP) is 4.93. The maximum atomic E-state index is 5.92. The zero-order valence-corrected chi connectivity index (χ0v) is 13.3. The minimum Gasteiger partial charge on any atom is -0.493 e. The van der Waals surface area contributed by atoms with Crippen molar-refractivity contribution < 1.29 is 4.74 Å². The molecule has 0 radical (unpaired) electrons. The predicted molar refractivity (Wildman–Crippen MR) is 87.3 cm³/mol. The highest BCUT2D eigenvalue weighted by atomic mass is 16.5. The maximum Gasteiger partial charge on any atom is 0.123 e. The Hall–Kier alpha value is -1.02. The molecule has 0 spiro atoms. The molecule has 1 aromatic rings. The van der Waals surface area contributed by atoms with Crippen molar-refractivity contribution in [3.05, 3.63) is 29.8 Å². The number of nitrogens with one attached hydrogen (secondary N) is 1. The normalized spacial score (nSPS) is 10.7. The highest BCUT2D eigenvalue weighted by Gasteiger charge is 2.01. The van der Waals surface area contributed by atoms with Gasteiger partial charge in [-0.05, 0) is 19.0 Å². The number of benzene rings is 1. The summed E-state index contributed by atoms with van der Waals surface area (Å²) in [7, 11) is 0. The average molecular weight is 277 g/mol. The molecule has 0 fully saturated rings. The quantitative estimate of drug-likeness (QED) is 0.547. The van der Waals surface area contributed by atoms with Gasteiger partial charge in [-0.3, -0.25) is 0 Å². The number of hydrogen-bond donors (Lipinski definition) is 1. The van der Waals surface area contributed by atoms with Crippen molar-refractivity contribution in [3.63, 3.8) is 0 Å². The lowest BCUT2D eigenvalue weighted by atomic mass is 10.1. The summed E-state index contributed by atoms with van der Waals surface area (Å²) in [6, 6.07) is 8.35. The Kier molecular flexibility index (Phi) is 10.0. The first-order valence-electron chi connectivity index (χ1n) is 8.30. The number of rotatable bonds is 12. The summed E-state index contributed by atoms with van der Waals surface area (Å²) in [5, 5.41) is 3.36. The molecule has 0 aliphatic heterocycles. The van der Waals surface area contributed by atoms with Gasteiger partial charge in [-0.2, -0.15) is 0 Å². The molecular weight excluding hydrogens is 246 g/mol. The Morgan fingerprint density at radius 1 is 0.900 bits per heavy atom. The van der Waals surface area contributed by atoms with E-state index in [0.717, 1.165) is 25.4 Å². The van der Waals surface area contributed by atoms with E-state index in [1.54, 1.807) is 0 Å². The van der Waals surface area contributed by atoms with E-state index in [9.17, 15) is 0 Å². The van der Waals surface area contributed by atoms with Crippen molar-refractivity contribution in [3.8, 4) is 5.75 Å². The second-order valence-electron chi connectivity index (χ2n) is 5.36. The van der Waals surface area contributed by atoms with Gasteiger partial charge in [0.25, 0.3) is 0 Å². The summed E-state index contributed by atoms with van der Waals surface area (Å²) < 4.78 is 5.92. The average Bonchev–Trinajstić information content (AvgIpc) is 2.49. The summed E-state index contributed by atoms with van der Waals surface area (Å²) in [6.07, 6.45) is 9.29. The molecular formula is C18H31NO. The fourth-order valence-electron chi connectivity index (χ4n) is 2.29. The molecule has 0 heterocycles. The third kappa shape index (κ3) is 7.54. The molecule has 2 heteroatoms. The Labute approximate surface area is 124 Å². The van der Waals surface area contributed by atoms with Crippen molar-refractivity contribution in [1.29, 1.82) is 0 Å². The minimum absolute atomic E-state index is 0.844. The van der Waals surface area contributed by atoms with Crippen molar-refractivity contribution in [2.45, 2.75) is 65.3 Å². The Balaban J connectivity index is 2.15. The Morgan fingerprint density at radius 2 is 1.60 bits per heavy atom. The Bertz CT molecular complexity index is 338. The van der Waals surface area contributed by atoms with Gasteiger partial charge in [0.05, 0.1) is 6.61 Å². The van der Waals surface area contributed by atoms with Gasteiger partial charge >= 0.3 is 0 Å². The fourth-order valence-corrected chi connectivity index (χ4v) is 2.29. The van der Waals surface area contributed by atoms with Crippen LogP contribution < -0.4 is 10.1 Å². The van der Waals surface area contributed by atoms with Crippen LogP contribution in [0.1, 0.15) is 64.4 Å². The van der Waals surface area contributed by atoms with Gasteiger partial charge in [-0.1, -0.05) is 70.6 Å². The van der Waals surface area contributed by atoms with Gasteiger partial charge in [-0.25, -0.2) is 0 Å². The number of ether oxygens (including phenoxy) is 1. The molecule has 0 aliphatic rings. The molecule has 0 amide bonds. The smallest absolute Gasteiger partial charge is 0.123 e. The first-order valence-corrected chi connectivity index (χ1v) is 8.30. The molecule has 0 aromatic heterocycles. The van der Waals surface area contributed by atoms with Crippen LogP contribution in [0.3, 0.4) is 0 Å². The molecule has 1 aromatic carbocycles. The topological polar surface area (TPSA) is 21.3 Å². The second-order valence-corrected chi connectivity index (χ2v) is 5.36. The Morgan fingerprint density at radius 3 is 2.35 bits per heavy atom. The third-order valence-electron chi connectivity index (χ3n) is 3.54. The zero-order valence-electron chi connectivity index (χ0n) is 13.3. The highest BCUT2D eigenvalue weighted by Crippen LogP contribution is 2.18. The zero-order chi connectivity index (χ0) is 14.5. The van der Waals surface area contributed by atoms with Crippen LogP contribution in [0.25, 0.3) is 0 Å². The molecule has 0 aliphatic carbocycles. The molecule has 20 heavy (non-hydrogen) atoms. The van der Waals surface area contributed by atoms with Crippen molar-refractivity contribution in [2.24, 2.45) is 0 Å². The molecule has 0 unspecified atom stereocenters. The lowest BCUT2D eigenvalue weighted by molar-refractivity contribution is 0.300. The van der Waals surface area contributed by atoms with Gasteiger partial charge in [-0.15, -0.1) is 0 Å². The first-order chi connectivity index (χ1) is 9.88. The van der Waals surface area contributed by atoms with E-state index in [2.05, 4.69) is 43.4 Å². The summed E-state index contributed by atoms with van der Waals surface area (Å²) in [4.78, 5) is 0. The first kappa shape index (κ1) is 17.0. The highest BCUT2D eigenvalue weighted by molar-refractivity contribution is 5.33. The summed E-state index contributed by atoms with van der Waals surface area (Å²) >= 11 is 0. The SMILES string of the molecule is CCCCCCCCCOc1ccccc1CNCC. The van der Waals surface area contributed by atoms with E-state index in [1.807, 2.05) is 0 Å². The lowest BCUT2D eigenvalue weighted by Crippen LogP contribution is -2.13. The molecule has 1 rings (SSSR count). The largest absolute Gasteiger partial charge is 0.493 e. The van der Waals surface area contributed by atoms with Crippen molar-refractivity contribution in [1.82, 2.24) is 5.32 Å². The molecule has 2 nitrogen and oxygen atoms in total. The van der Waals surface area contributed by atoms with Gasteiger partial charge in [0.2, 0.25) is 0 Å². The molecule has 1 N–H and O–H groups in total. The van der Waals surface area contributed by atoms with Gasteiger partial charge in [0.15, 0.2) is 0 Å². The second kappa shape index (κ2) is 11.8. The van der Waals surface area contributed by atoms with E-state index in [4.69, 9.17) is 4.74 Å². The van der Waals surface area contributed by atoms with E-state index in [-0.39, 0.29) is 0 Å². The van der Waals surface area contributed by atoms with Crippen LogP contribution in [-0.2, 0) is 6.54 Å². The van der Waals surface area contributed by atoms with Crippen LogP contribution in [0, 0.1) is 0 Å². The summed E-state index contributed by atoms with van der Waals surface area (Å²) in [5.41, 5.74) is 1.26. The maximum absolute atomic E-state index is 5.92. The van der Waals surface area contributed by atoms with Crippen LogP contribution in [-0.4, -0.2) is 13.2 Å². The van der Waals surface area contributed by atoms with E-state index in [0.29, 0.717) is 0 Å². The fraction of sp³-hybridized carbons (Fsp3) is 0.667. The molecule has 0 saturated carbocycles. The lowest BCUT2D eigenvalue weighted by Gasteiger charge is -2.11.